The van der Waals surface area contributed by atoms with E-state index in [0.717, 1.165) is 43.0 Å². The number of nitrogens with zero attached hydrogens (tertiary/aromatic N) is 8. The molecule has 1 aromatic heterocycles. The summed E-state index contributed by atoms with van der Waals surface area (Å²) in [5.41, 5.74) is 0.934. The number of piperazine rings is 1. The maximum Gasteiger partial charge on any atom is 0.257 e. The van der Waals surface area contributed by atoms with E-state index in [1.165, 1.54) is 0 Å². The van der Waals surface area contributed by atoms with E-state index >= 15 is 0 Å². The predicted octanol–water partition coefficient (Wildman–Crippen LogP) is 2.10. The molecule has 3 aliphatic heterocycles. The topological polar surface area (TPSA) is 101 Å². The van der Waals surface area contributed by atoms with Gasteiger partial charge in [-0.2, -0.15) is 5.26 Å². The van der Waals surface area contributed by atoms with Crippen molar-refractivity contribution in [3.05, 3.63) is 35.4 Å². The van der Waals surface area contributed by atoms with Crippen molar-refractivity contribution in [1.29, 1.82) is 5.26 Å². The molecule has 0 aromatic carbocycles. The first-order valence-corrected chi connectivity index (χ1v) is 13.0. The molecule has 1 aromatic rings. The fourth-order valence-electron chi connectivity index (χ4n) is 6.36. The predicted molar refractivity (Wildman–Crippen MR) is 143 cm³/mol. The second-order valence-corrected chi connectivity index (χ2v) is 10.8. The van der Waals surface area contributed by atoms with Crippen LogP contribution in [0.15, 0.2) is 34.9 Å². The third kappa shape index (κ3) is 4.01. The second-order valence-electron chi connectivity index (χ2n) is 10.8. The van der Waals surface area contributed by atoms with Crippen molar-refractivity contribution in [2.75, 3.05) is 63.2 Å². The van der Waals surface area contributed by atoms with Gasteiger partial charge in [0.15, 0.2) is 5.60 Å². The van der Waals surface area contributed by atoms with Crippen LogP contribution in [0.5, 0.6) is 0 Å². The van der Waals surface area contributed by atoms with Crippen LogP contribution in [0.1, 0.15) is 38.7 Å². The molecule has 37 heavy (non-hydrogen) atoms. The van der Waals surface area contributed by atoms with Gasteiger partial charge in [-0.25, -0.2) is 15.0 Å². The lowest BCUT2D eigenvalue weighted by atomic mass is 9.66. The smallest absolute Gasteiger partial charge is 0.257 e. The zero-order chi connectivity index (χ0) is 26.4. The van der Waals surface area contributed by atoms with Crippen LogP contribution in [0, 0.1) is 11.3 Å². The minimum absolute atomic E-state index is 0.0258. The molecule has 196 valence electrons. The summed E-state index contributed by atoms with van der Waals surface area (Å²) in [6.07, 6.45) is 8.44. The van der Waals surface area contributed by atoms with Crippen LogP contribution >= 0.6 is 0 Å². The number of hydrogen-bond donors (Lipinski definition) is 0. The van der Waals surface area contributed by atoms with Crippen molar-refractivity contribution in [1.82, 2.24) is 19.8 Å². The minimum atomic E-state index is -0.729. The summed E-state index contributed by atoms with van der Waals surface area (Å²) in [7, 11) is 3.64. The van der Waals surface area contributed by atoms with E-state index in [2.05, 4.69) is 39.4 Å². The molecule has 10 nitrogen and oxygen atoms in total. The zero-order valence-corrected chi connectivity index (χ0v) is 22.3. The number of fused-ring (bicyclic) bond motifs is 2. The maximum absolute atomic E-state index is 13.4. The first kappa shape index (κ1) is 25.4. The molecule has 10 heteroatoms. The number of carbonyl (C=O) groups is 1. The number of allylic oxidation sites excluding steroid dienone is 3. The largest absolute Gasteiger partial charge is 0.366 e. The summed E-state index contributed by atoms with van der Waals surface area (Å²) >= 11 is 0. The van der Waals surface area contributed by atoms with Gasteiger partial charge in [0.25, 0.3) is 5.91 Å². The zero-order valence-electron chi connectivity index (χ0n) is 22.3. The average Bonchev–Trinajstić information content (AvgIpc) is 3.23. The highest BCUT2D eigenvalue weighted by atomic mass is 16.5. The summed E-state index contributed by atoms with van der Waals surface area (Å²) in [5, 5.41) is 9.45. The van der Waals surface area contributed by atoms with Crippen LogP contribution in [0.2, 0.25) is 0 Å². The van der Waals surface area contributed by atoms with E-state index in [4.69, 9.17) is 14.7 Å². The Morgan fingerprint density at radius 1 is 1.27 bits per heavy atom. The Hall–Kier alpha value is -3.29. The van der Waals surface area contributed by atoms with Crippen molar-refractivity contribution in [3.8, 4) is 6.07 Å². The molecule has 1 atom stereocenters. The molecule has 4 aliphatic rings. The molecule has 1 saturated carbocycles. The summed E-state index contributed by atoms with van der Waals surface area (Å²) in [6, 6.07) is 2.23. The van der Waals surface area contributed by atoms with Gasteiger partial charge in [-0.3, -0.25) is 9.69 Å². The summed E-state index contributed by atoms with van der Waals surface area (Å²) in [5.74, 6) is 2.51. The van der Waals surface area contributed by atoms with E-state index in [1.54, 1.807) is 25.6 Å². The molecule has 2 saturated heterocycles. The van der Waals surface area contributed by atoms with Crippen LogP contribution in [0.3, 0.4) is 0 Å². The molecule has 4 heterocycles. The van der Waals surface area contributed by atoms with Crippen LogP contribution in [-0.4, -0.2) is 97.5 Å². The number of nitriles is 1. The van der Waals surface area contributed by atoms with Crippen LogP contribution in [0.25, 0.3) is 0 Å². The Morgan fingerprint density at radius 3 is 2.54 bits per heavy atom. The van der Waals surface area contributed by atoms with Crippen LogP contribution < -0.4 is 9.80 Å². The average molecular weight is 505 g/mol. The number of likely N-dealkylation sites (N-methyl/N-ethyl adjacent to an activating group) is 1. The highest BCUT2D eigenvalue weighted by molar-refractivity contribution is 5.87. The van der Waals surface area contributed by atoms with Gasteiger partial charge in [-0.05, 0) is 46.5 Å². The van der Waals surface area contributed by atoms with Crippen molar-refractivity contribution in [2.24, 2.45) is 4.99 Å². The lowest BCUT2D eigenvalue weighted by Crippen LogP contribution is -2.71. The Morgan fingerprint density at radius 2 is 2.00 bits per heavy atom. The Bertz CT molecular complexity index is 1190. The molecular weight excluding hydrogens is 468 g/mol. The van der Waals surface area contributed by atoms with Crippen molar-refractivity contribution < 1.29 is 9.53 Å². The Balaban J connectivity index is 1.43. The van der Waals surface area contributed by atoms with Crippen molar-refractivity contribution >= 4 is 24.3 Å². The molecule has 1 unspecified atom stereocenters. The summed E-state index contributed by atoms with van der Waals surface area (Å²) < 4.78 is 5.70. The molecule has 0 N–H and O–H groups in total. The number of aliphatic imine (C=N–C) groups is 1. The highest BCUT2D eigenvalue weighted by Crippen LogP contribution is 2.55. The third-order valence-electron chi connectivity index (χ3n) is 8.55. The van der Waals surface area contributed by atoms with Gasteiger partial charge in [0, 0.05) is 63.4 Å². The fourth-order valence-corrected chi connectivity index (χ4v) is 6.36. The molecule has 1 aliphatic carbocycles. The van der Waals surface area contributed by atoms with Gasteiger partial charge in [0.1, 0.15) is 23.8 Å². The Kier molecular flexibility index (Phi) is 6.54. The number of aromatic nitrogens is 2. The van der Waals surface area contributed by atoms with E-state index in [1.807, 2.05) is 18.9 Å². The summed E-state index contributed by atoms with van der Waals surface area (Å²) in [4.78, 5) is 35.7. The number of amides is 1. The van der Waals surface area contributed by atoms with Gasteiger partial charge < -0.3 is 19.4 Å². The van der Waals surface area contributed by atoms with E-state index in [0.29, 0.717) is 44.1 Å². The number of methoxy groups -OCH3 is 1. The fraction of sp³-hybridized carbons (Fsp3) is 0.593. The summed E-state index contributed by atoms with van der Waals surface area (Å²) in [6.45, 7) is 11.7. The van der Waals surface area contributed by atoms with Gasteiger partial charge in [-0.1, -0.05) is 12.5 Å². The molecule has 1 amide bonds. The number of ether oxygens (including phenoxy) is 1. The molecular formula is C27H36N8O2. The van der Waals surface area contributed by atoms with Gasteiger partial charge in [0.2, 0.25) is 0 Å². The van der Waals surface area contributed by atoms with Crippen LogP contribution in [0.4, 0.5) is 11.6 Å². The lowest BCUT2D eigenvalue weighted by Gasteiger charge is -2.51. The number of likely N-dealkylation sites (tertiary alicyclic amines) is 1. The molecule has 0 radical (unpaired) electrons. The molecule has 3 fully saturated rings. The van der Waals surface area contributed by atoms with Crippen molar-refractivity contribution in [2.45, 2.75) is 50.2 Å². The van der Waals surface area contributed by atoms with Gasteiger partial charge in [-0.15, -0.1) is 0 Å². The second kappa shape index (κ2) is 9.54. The monoisotopic (exact) mass is 504 g/mol. The third-order valence-corrected chi connectivity index (χ3v) is 8.55. The first-order chi connectivity index (χ1) is 17.8. The molecule has 5 rings (SSSR count). The molecule has 0 bridgehead atoms. The Labute approximate surface area is 218 Å². The van der Waals surface area contributed by atoms with Crippen molar-refractivity contribution in [3.63, 3.8) is 0 Å². The van der Waals surface area contributed by atoms with E-state index < -0.39 is 5.60 Å². The molecule has 1 spiro atoms. The highest BCUT2D eigenvalue weighted by Gasteiger charge is 2.53. The van der Waals surface area contributed by atoms with Gasteiger partial charge >= 0.3 is 0 Å². The van der Waals surface area contributed by atoms with Gasteiger partial charge in [0.05, 0.1) is 11.6 Å². The van der Waals surface area contributed by atoms with E-state index in [-0.39, 0.29) is 17.4 Å². The van der Waals surface area contributed by atoms with E-state index in [9.17, 15) is 10.1 Å². The number of hydrogen-bond acceptors (Lipinski definition) is 9. The number of rotatable bonds is 6. The van der Waals surface area contributed by atoms with Crippen LogP contribution in [-0.2, 0) is 14.9 Å². The minimum Gasteiger partial charge on any atom is -0.366 e. The number of carbonyl (C=O) groups excluding carboxylic acids is 1. The first-order valence-electron chi connectivity index (χ1n) is 13.0. The lowest BCUT2D eigenvalue weighted by molar-refractivity contribution is -0.177. The standard InChI is InChI=1S/C27H36N8O2/c1-6-20(13-28)12-21(29-3)35-15-26(8-7-9-26)22-23(30-18-31-24(22)35)33-10-11-34(19(2)14-33)25(36)27(37-5)16-32(4)17-27/h6,12,18-19H,3,7-11,14-17H2,1-2,4-5H3/b20-6+,21-12+. The normalized spacial score (nSPS) is 24.8. The quantitative estimate of drug-likeness (QED) is 0.330. The SMILES string of the molecule is C=N/C(=C\C(C#N)=C/C)N1CC2(CCC2)c2c(N3CCN(C(=O)C4(OC)CN(C)C4)C(C)C3)ncnc21. The number of anilines is 2. The maximum atomic E-state index is 13.4.